The number of carbonyl (C=O) groups excluding carboxylic acids is 1. The molecule has 2 aromatic rings. The van der Waals surface area contributed by atoms with Crippen LogP contribution in [0.1, 0.15) is 17.2 Å². The predicted octanol–water partition coefficient (Wildman–Crippen LogP) is 2.74. The van der Waals surface area contributed by atoms with Crippen LogP contribution in [0.25, 0.3) is 0 Å². The van der Waals surface area contributed by atoms with Gasteiger partial charge in [0.2, 0.25) is 5.91 Å². The first-order valence-electron chi connectivity index (χ1n) is 6.91. The van der Waals surface area contributed by atoms with Crippen molar-refractivity contribution in [2.75, 3.05) is 13.7 Å². The van der Waals surface area contributed by atoms with Gasteiger partial charge >= 0.3 is 0 Å². The van der Waals surface area contributed by atoms with Crippen molar-refractivity contribution < 1.29 is 14.6 Å². The number of amides is 1. The van der Waals surface area contributed by atoms with E-state index < -0.39 is 6.04 Å². The summed E-state index contributed by atoms with van der Waals surface area (Å²) in [6, 6.07) is 13.9. The number of aliphatic hydroxyl groups excluding tert-OH is 1. The first kappa shape index (κ1) is 16.3. The molecule has 1 atom stereocenters. The smallest absolute Gasteiger partial charge is 0.224 e. The Morgan fingerprint density at radius 2 is 2.00 bits per heavy atom. The number of hydrogen-bond acceptors (Lipinski definition) is 3. The van der Waals surface area contributed by atoms with Crippen molar-refractivity contribution in [3.63, 3.8) is 0 Å². The third-order valence-corrected chi connectivity index (χ3v) is 3.54. The topological polar surface area (TPSA) is 58.6 Å². The van der Waals surface area contributed by atoms with Gasteiger partial charge in [0.1, 0.15) is 5.75 Å². The monoisotopic (exact) mass is 319 g/mol. The number of benzene rings is 2. The number of nitrogens with one attached hydrogen (secondary N) is 1. The van der Waals surface area contributed by atoms with Gasteiger partial charge in [-0.05, 0) is 35.4 Å². The number of halogens is 1. The van der Waals surface area contributed by atoms with E-state index in [-0.39, 0.29) is 18.9 Å². The molecule has 0 heterocycles. The molecular formula is C17H18ClNO3. The Kier molecular flexibility index (Phi) is 5.81. The molecule has 0 aliphatic heterocycles. The number of ether oxygens (including phenoxy) is 1. The van der Waals surface area contributed by atoms with Crippen LogP contribution in [0.5, 0.6) is 5.75 Å². The highest BCUT2D eigenvalue weighted by atomic mass is 35.5. The van der Waals surface area contributed by atoms with E-state index in [2.05, 4.69) is 5.32 Å². The fourth-order valence-corrected chi connectivity index (χ4v) is 2.27. The van der Waals surface area contributed by atoms with E-state index in [1.165, 1.54) is 0 Å². The summed E-state index contributed by atoms with van der Waals surface area (Å²) in [4.78, 5) is 12.1. The molecule has 5 heteroatoms. The largest absolute Gasteiger partial charge is 0.497 e. The van der Waals surface area contributed by atoms with Crippen LogP contribution in [0.3, 0.4) is 0 Å². The Hall–Kier alpha value is -2.04. The second kappa shape index (κ2) is 7.82. The molecule has 4 nitrogen and oxygen atoms in total. The Morgan fingerprint density at radius 3 is 2.64 bits per heavy atom. The third-order valence-electron chi connectivity index (χ3n) is 3.29. The number of rotatable bonds is 6. The third kappa shape index (κ3) is 4.48. The average molecular weight is 320 g/mol. The van der Waals surface area contributed by atoms with Crippen LogP contribution < -0.4 is 10.1 Å². The Morgan fingerprint density at radius 1 is 1.27 bits per heavy atom. The Bertz CT molecular complexity index is 628. The van der Waals surface area contributed by atoms with Gasteiger partial charge in [-0.15, -0.1) is 0 Å². The van der Waals surface area contributed by atoms with Crippen LogP contribution in [-0.4, -0.2) is 24.7 Å². The van der Waals surface area contributed by atoms with Gasteiger partial charge in [-0.3, -0.25) is 4.79 Å². The van der Waals surface area contributed by atoms with E-state index >= 15 is 0 Å². The van der Waals surface area contributed by atoms with Gasteiger partial charge in [0.15, 0.2) is 0 Å². The number of methoxy groups -OCH3 is 1. The summed E-state index contributed by atoms with van der Waals surface area (Å²) in [6.45, 7) is -0.175. The first-order valence-corrected chi connectivity index (χ1v) is 7.29. The molecule has 0 aromatic heterocycles. The molecule has 2 aromatic carbocycles. The summed E-state index contributed by atoms with van der Waals surface area (Å²) in [5.41, 5.74) is 1.66. The summed E-state index contributed by atoms with van der Waals surface area (Å²) in [7, 11) is 1.58. The van der Waals surface area contributed by atoms with Gasteiger partial charge in [0, 0.05) is 5.02 Å². The lowest BCUT2D eigenvalue weighted by Crippen LogP contribution is -2.31. The minimum Gasteiger partial charge on any atom is -0.497 e. The SMILES string of the molecule is COc1cccc(CC(=O)NC(CO)c2ccc(Cl)cc2)c1. The van der Waals surface area contributed by atoms with Gasteiger partial charge in [0.25, 0.3) is 0 Å². The molecule has 2 rings (SSSR count). The number of hydrogen-bond donors (Lipinski definition) is 2. The van der Waals surface area contributed by atoms with Crippen molar-refractivity contribution in [3.05, 3.63) is 64.7 Å². The molecule has 0 fully saturated rings. The van der Waals surface area contributed by atoms with Crippen LogP contribution in [-0.2, 0) is 11.2 Å². The molecule has 0 aliphatic rings. The standard InChI is InChI=1S/C17H18ClNO3/c1-22-15-4-2-3-12(9-15)10-17(21)19-16(11-20)13-5-7-14(18)8-6-13/h2-9,16,20H,10-11H2,1H3,(H,19,21). The summed E-state index contributed by atoms with van der Waals surface area (Å²) in [6.07, 6.45) is 0.224. The van der Waals surface area contributed by atoms with Crippen LogP contribution in [0, 0.1) is 0 Å². The summed E-state index contributed by atoms with van der Waals surface area (Å²) in [5, 5.41) is 12.9. The van der Waals surface area contributed by atoms with Crippen LogP contribution in [0.4, 0.5) is 0 Å². The van der Waals surface area contributed by atoms with Gasteiger partial charge in [0.05, 0.1) is 26.2 Å². The maximum absolute atomic E-state index is 12.1. The second-order valence-corrected chi connectivity index (χ2v) is 5.32. The molecule has 1 amide bonds. The maximum Gasteiger partial charge on any atom is 0.224 e. The van der Waals surface area contributed by atoms with Gasteiger partial charge in [-0.1, -0.05) is 35.9 Å². The molecule has 22 heavy (non-hydrogen) atoms. The average Bonchev–Trinajstić information content (AvgIpc) is 2.53. The lowest BCUT2D eigenvalue weighted by molar-refractivity contribution is -0.121. The highest BCUT2D eigenvalue weighted by Gasteiger charge is 2.14. The van der Waals surface area contributed by atoms with Crippen molar-refractivity contribution in [3.8, 4) is 5.75 Å². The van der Waals surface area contributed by atoms with Crippen molar-refractivity contribution in [1.82, 2.24) is 5.32 Å². The molecule has 0 aliphatic carbocycles. The summed E-state index contributed by atoms with van der Waals surface area (Å²) in [5.74, 6) is 0.545. The van der Waals surface area contributed by atoms with Gasteiger partial charge in [-0.25, -0.2) is 0 Å². The van der Waals surface area contributed by atoms with Crippen molar-refractivity contribution in [1.29, 1.82) is 0 Å². The molecule has 0 saturated heterocycles. The summed E-state index contributed by atoms with van der Waals surface area (Å²) < 4.78 is 5.13. The zero-order valence-electron chi connectivity index (χ0n) is 12.3. The molecule has 0 spiro atoms. The maximum atomic E-state index is 12.1. The predicted molar refractivity (Wildman–Crippen MR) is 86.1 cm³/mol. The molecule has 0 bridgehead atoms. The van der Waals surface area contributed by atoms with Crippen LogP contribution >= 0.6 is 11.6 Å². The Labute approximate surface area is 134 Å². The number of carbonyl (C=O) groups is 1. The molecule has 0 saturated carbocycles. The molecular weight excluding hydrogens is 302 g/mol. The fourth-order valence-electron chi connectivity index (χ4n) is 2.14. The molecule has 0 radical (unpaired) electrons. The minimum atomic E-state index is -0.449. The van der Waals surface area contributed by atoms with Gasteiger partial charge in [-0.2, -0.15) is 0 Å². The van der Waals surface area contributed by atoms with E-state index in [1.807, 2.05) is 24.3 Å². The van der Waals surface area contributed by atoms with Gasteiger partial charge < -0.3 is 15.2 Å². The van der Waals surface area contributed by atoms with Crippen molar-refractivity contribution >= 4 is 17.5 Å². The van der Waals surface area contributed by atoms with E-state index in [0.29, 0.717) is 10.8 Å². The van der Waals surface area contributed by atoms with E-state index in [9.17, 15) is 9.90 Å². The Balaban J connectivity index is 2.01. The fraction of sp³-hybridized carbons (Fsp3) is 0.235. The summed E-state index contributed by atoms with van der Waals surface area (Å²) >= 11 is 5.84. The van der Waals surface area contributed by atoms with Crippen molar-refractivity contribution in [2.45, 2.75) is 12.5 Å². The zero-order valence-corrected chi connectivity index (χ0v) is 13.0. The lowest BCUT2D eigenvalue weighted by Gasteiger charge is -2.17. The minimum absolute atomic E-state index is 0.165. The van der Waals surface area contributed by atoms with E-state index in [1.54, 1.807) is 31.4 Å². The molecule has 1 unspecified atom stereocenters. The van der Waals surface area contributed by atoms with Crippen molar-refractivity contribution in [2.24, 2.45) is 0 Å². The van der Waals surface area contributed by atoms with E-state index in [0.717, 1.165) is 11.1 Å². The van der Waals surface area contributed by atoms with Crippen LogP contribution in [0.15, 0.2) is 48.5 Å². The zero-order chi connectivity index (χ0) is 15.9. The van der Waals surface area contributed by atoms with Crippen LogP contribution in [0.2, 0.25) is 5.02 Å². The lowest BCUT2D eigenvalue weighted by atomic mass is 10.1. The highest BCUT2D eigenvalue weighted by Crippen LogP contribution is 2.17. The first-order chi connectivity index (χ1) is 10.6. The highest BCUT2D eigenvalue weighted by molar-refractivity contribution is 6.30. The normalized spacial score (nSPS) is 11.8. The quantitative estimate of drug-likeness (QED) is 0.860. The molecule has 2 N–H and O–H groups in total. The van der Waals surface area contributed by atoms with E-state index in [4.69, 9.17) is 16.3 Å². The number of aliphatic hydroxyl groups is 1. The molecule has 116 valence electrons. The second-order valence-electron chi connectivity index (χ2n) is 4.88.